The van der Waals surface area contributed by atoms with Gasteiger partial charge in [0.05, 0.1) is 6.61 Å². The van der Waals surface area contributed by atoms with E-state index in [0.717, 1.165) is 19.1 Å². The molecular weight excluding hydrogens is 569 g/mol. The molecule has 0 unspecified atom stereocenters. The van der Waals surface area contributed by atoms with Crippen LogP contribution >= 0.6 is 0 Å². The topological polar surface area (TPSA) is 146 Å². The first kappa shape index (κ1) is 29.8. The fourth-order valence-corrected chi connectivity index (χ4v) is 4.22. The molecule has 2 amide bonds. The van der Waals surface area contributed by atoms with Crippen molar-refractivity contribution in [3.8, 4) is 22.7 Å². The van der Waals surface area contributed by atoms with Crippen molar-refractivity contribution in [1.29, 1.82) is 0 Å². The molecule has 1 aliphatic carbocycles. The van der Waals surface area contributed by atoms with Gasteiger partial charge in [0.15, 0.2) is 11.4 Å². The second-order valence-corrected chi connectivity index (χ2v) is 11.1. The van der Waals surface area contributed by atoms with Gasteiger partial charge in [0.2, 0.25) is 5.89 Å². The largest absolute Gasteiger partial charge is 0.444 e. The molecule has 0 atom stereocenters. The monoisotopic (exact) mass is 598 g/mol. The van der Waals surface area contributed by atoms with Gasteiger partial charge in [-0.1, -0.05) is 18.2 Å². The zero-order valence-electron chi connectivity index (χ0n) is 23.5. The summed E-state index contributed by atoms with van der Waals surface area (Å²) in [6.07, 6.45) is -0.979. The number of alkyl halides is 3. The Balaban J connectivity index is 1.41. The molecule has 0 saturated heterocycles. The summed E-state index contributed by atoms with van der Waals surface area (Å²) in [7, 11) is 0. The number of aliphatic hydroxyl groups excluding tert-OH is 1. The van der Waals surface area contributed by atoms with Crippen LogP contribution in [0.15, 0.2) is 53.3 Å². The summed E-state index contributed by atoms with van der Waals surface area (Å²) in [6.45, 7) is 5.38. The maximum absolute atomic E-state index is 13.8. The Morgan fingerprint density at radius 2 is 1.93 bits per heavy atom. The molecule has 226 valence electrons. The van der Waals surface area contributed by atoms with E-state index in [0.29, 0.717) is 29.4 Å². The summed E-state index contributed by atoms with van der Waals surface area (Å²) in [4.78, 5) is 36.0. The predicted molar refractivity (Wildman–Crippen MR) is 149 cm³/mol. The number of aromatic nitrogens is 4. The van der Waals surface area contributed by atoms with E-state index in [1.165, 1.54) is 23.2 Å². The van der Waals surface area contributed by atoms with Crippen LogP contribution in [0.4, 0.5) is 29.5 Å². The number of ether oxygens (including phenoxy) is 1. The van der Waals surface area contributed by atoms with Crippen molar-refractivity contribution in [2.45, 2.75) is 52.0 Å². The number of anilines is 2. The number of nitrogens with zero attached hydrogens (tertiary/aromatic N) is 4. The highest BCUT2D eigenvalue weighted by Crippen LogP contribution is 2.39. The normalized spacial score (nSPS) is 13.6. The molecule has 1 aromatic carbocycles. The first-order valence-electron chi connectivity index (χ1n) is 13.4. The summed E-state index contributed by atoms with van der Waals surface area (Å²) >= 11 is 0. The lowest BCUT2D eigenvalue weighted by atomic mass is 10.1. The molecule has 1 saturated carbocycles. The Kier molecular flexibility index (Phi) is 7.97. The molecule has 0 bridgehead atoms. The number of halogens is 3. The standard InChI is InChI=1S/C29H29F3N6O5/c1-28(2,3)43-27(41)38(13-16-7-8-16)21-12-19(9-10-33-21)26-34-20(15-42-26)25(40)35-23-22(36-37-24(23)29(30,31)32)18-6-4-5-17(11-18)14-39/h4-6,9-12,15-16,39H,7-8,13-14H2,1-3H3,(H,35,40)(H,36,37). The Morgan fingerprint density at radius 3 is 2.60 bits per heavy atom. The number of rotatable bonds is 8. The van der Waals surface area contributed by atoms with E-state index in [2.05, 4.69) is 20.4 Å². The van der Waals surface area contributed by atoms with E-state index in [9.17, 15) is 27.9 Å². The number of H-pyrrole nitrogens is 1. The van der Waals surface area contributed by atoms with Gasteiger partial charge < -0.3 is 19.6 Å². The summed E-state index contributed by atoms with van der Waals surface area (Å²) in [6, 6.07) is 9.24. The van der Waals surface area contributed by atoms with Crippen molar-refractivity contribution >= 4 is 23.5 Å². The first-order chi connectivity index (χ1) is 20.3. The lowest BCUT2D eigenvalue weighted by molar-refractivity contribution is -0.140. The van der Waals surface area contributed by atoms with Crippen molar-refractivity contribution in [2.75, 3.05) is 16.8 Å². The number of aromatic amines is 1. The molecule has 3 heterocycles. The Morgan fingerprint density at radius 1 is 1.16 bits per heavy atom. The maximum Gasteiger partial charge on any atom is 0.434 e. The minimum absolute atomic E-state index is 0.0107. The van der Waals surface area contributed by atoms with Crippen LogP contribution in [0.25, 0.3) is 22.7 Å². The summed E-state index contributed by atoms with van der Waals surface area (Å²) in [5.41, 5.74) is -1.96. The van der Waals surface area contributed by atoms with Gasteiger partial charge in [0, 0.05) is 23.9 Å². The third-order valence-electron chi connectivity index (χ3n) is 6.43. The molecule has 1 fully saturated rings. The molecular formula is C29H29F3N6O5. The minimum atomic E-state index is -4.86. The van der Waals surface area contributed by atoms with E-state index >= 15 is 0 Å². The number of amides is 2. The number of hydrogen-bond donors (Lipinski definition) is 3. The second-order valence-electron chi connectivity index (χ2n) is 11.1. The van der Waals surface area contributed by atoms with Crippen LogP contribution in [-0.4, -0.2) is 49.4 Å². The average Bonchev–Trinajstić information content (AvgIpc) is 3.44. The molecule has 3 N–H and O–H groups in total. The van der Waals surface area contributed by atoms with Crippen molar-refractivity contribution in [1.82, 2.24) is 20.2 Å². The molecule has 14 heteroatoms. The first-order valence-corrected chi connectivity index (χ1v) is 13.4. The van der Waals surface area contributed by atoms with Gasteiger partial charge in [-0.25, -0.2) is 14.8 Å². The predicted octanol–water partition coefficient (Wildman–Crippen LogP) is 6.04. The fourth-order valence-electron chi connectivity index (χ4n) is 4.22. The van der Waals surface area contributed by atoms with Crippen molar-refractivity contribution < 1.29 is 37.0 Å². The molecule has 0 aliphatic heterocycles. The quantitative estimate of drug-likeness (QED) is 0.222. The van der Waals surface area contributed by atoms with Gasteiger partial charge in [0.25, 0.3) is 5.91 Å². The smallest absolute Gasteiger partial charge is 0.434 e. The van der Waals surface area contributed by atoms with Crippen LogP contribution in [0.3, 0.4) is 0 Å². The number of hydrogen-bond acceptors (Lipinski definition) is 8. The van der Waals surface area contributed by atoms with Crippen LogP contribution < -0.4 is 10.2 Å². The Labute approximate surface area is 244 Å². The van der Waals surface area contributed by atoms with Crippen molar-refractivity contribution in [3.05, 3.63) is 65.8 Å². The lowest BCUT2D eigenvalue weighted by Gasteiger charge is -2.27. The number of aliphatic hydroxyl groups is 1. The fraction of sp³-hybridized carbons (Fsp3) is 0.345. The van der Waals surface area contributed by atoms with Gasteiger partial charge in [-0.15, -0.1) is 0 Å². The number of benzene rings is 1. The highest BCUT2D eigenvalue weighted by molar-refractivity contribution is 6.05. The summed E-state index contributed by atoms with van der Waals surface area (Å²) in [5.74, 6) is -0.357. The number of carbonyl (C=O) groups is 2. The third kappa shape index (κ3) is 7.02. The molecule has 5 rings (SSSR count). The van der Waals surface area contributed by atoms with E-state index in [-0.39, 0.29) is 29.4 Å². The van der Waals surface area contributed by atoms with E-state index in [4.69, 9.17) is 9.15 Å². The van der Waals surface area contributed by atoms with Crippen LogP contribution in [-0.2, 0) is 17.5 Å². The van der Waals surface area contributed by atoms with Crippen LogP contribution in [0.5, 0.6) is 0 Å². The Bertz CT molecular complexity index is 1640. The van der Waals surface area contributed by atoms with E-state index in [1.807, 2.05) is 5.10 Å². The SMILES string of the molecule is CC(C)(C)OC(=O)N(CC1CC1)c1cc(-c2nc(C(=O)Nc3c(-c4cccc(CO)c4)n[nH]c3C(F)(F)F)co2)ccn1. The molecule has 0 spiro atoms. The van der Waals surface area contributed by atoms with Crippen molar-refractivity contribution in [3.63, 3.8) is 0 Å². The lowest BCUT2D eigenvalue weighted by Crippen LogP contribution is -2.38. The zero-order chi connectivity index (χ0) is 30.9. The Hall–Kier alpha value is -4.72. The zero-order valence-corrected chi connectivity index (χ0v) is 23.5. The average molecular weight is 599 g/mol. The highest BCUT2D eigenvalue weighted by Gasteiger charge is 2.39. The van der Waals surface area contributed by atoms with Gasteiger partial charge in [-0.3, -0.25) is 14.8 Å². The van der Waals surface area contributed by atoms with E-state index < -0.39 is 35.2 Å². The molecule has 0 radical (unpaired) electrons. The van der Waals surface area contributed by atoms with Crippen molar-refractivity contribution in [2.24, 2.45) is 5.92 Å². The second kappa shape index (κ2) is 11.5. The molecule has 4 aromatic rings. The molecule has 3 aromatic heterocycles. The van der Waals surface area contributed by atoms with Gasteiger partial charge in [-0.05, 0) is 63.3 Å². The minimum Gasteiger partial charge on any atom is -0.444 e. The third-order valence-corrected chi connectivity index (χ3v) is 6.43. The van der Waals surface area contributed by atoms with Gasteiger partial charge in [-0.2, -0.15) is 18.3 Å². The molecule has 11 nitrogen and oxygen atoms in total. The molecule has 1 aliphatic rings. The van der Waals surface area contributed by atoms with Crippen LogP contribution in [0, 0.1) is 5.92 Å². The maximum atomic E-state index is 13.8. The van der Waals surface area contributed by atoms with Gasteiger partial charge in [0.1, 0.15) is 29.1 Å². The number of pyridine rings is 1. The van der Waals surface area contributed by atoms with Crippen LogP contribution in [0.1, 0.15) is 55.4 Å². The summed E-state index contributed by atoms with van der Waals surface area (Å²) in [5, 5.41) is 17.4. The summed E-state index contributed by atoms with van der Waals surface area (Å²) < 4.78 is 52.4. The number of oxazole rings is 1. The van der Waals surface area contributed by atoms with Crippen LogP contribution in [0.2, 0.25) is 0 Å². The number of nitrogens with one attached hydrogen (secondary N) is 2. The van der Waals surface area contributed by atoms with Gasteiger partial charge >= 0.3 is 12.3 Å². The number of carbonyl (C=O) groups excluding carboxylic acids is 2. The molecule has 43 heavy (non-hydrogen) atoms. The highest BCUT2D eigenvalue weighted by atomic mass is 19.4. The van der Waals surface area contributed by atoms with E-state index in [1.54, 1.807) is 45.0 Å².